The molecular weight excluding hydrogens is 318 g/mol. The molecule has 1 heterocycles. The van der Waals surface area contributed by atoms with Crippen LogP contribution in [0.3, 0.4) is 0 Å². The topological polar surface area (TPSA) is 47.3 Å². The molecule has 0 atom stereocenters. The Kier molecular flexibility index (Phi) is 8.14. The van der Waals surface area contributed by atoms with E-state index in [-0.39, 0.29) is 5.91 Å². The number of piperidine rings is 1. The molecular formula is C19H27N3OS. The first kappa shape index (κ1) is 18.8. The van der Waals surface area contributed by atoms with Crippen molar-refractivity contribution in [3.63, 3.8) is 0 Å². The second-order valence-corrected chi connectivity index (χ2v) is 6.87. The fraction of sp³-hybridized carbons (Fsp3) is 0.579. The number of benzene rings is 1. The van der Waals surface area contributed by atoms with Crippen LogP contribution in [0.5, 0.6) is 0 Å². The van der Waals surface area contributed by atoms with Gasteiger partial charge in [-0.1, -0.05) is 30.3 Å². The lowest BCUT2D eigenvalue weighted by atomic mass is 9.95. The third kappa shape index (κ3) is 6.18. The molecule has 1 saturated heterocycles. The largest absolute Gasteiger partial charge is 0.341 e. The van der Waals surface area contributed by atoms with Crippen molar-refractivity contribution in [1.29, 1.82) is 5.26 Å². The van der Waals surface area contributed by atoms with Gasteiger partial charge in [0.1, 0.15) is 0 Å². The molecule has 4 nitrogen and oxygen atoms in total. The molecule has 1 aliphatic rings. The predicted octanol–water partition coefficient (Wildman–Crippen LogP) is 2.96. The number of carbonyl (C=O) groups excluding carboxylic acids is 1. The van der Waals surface area contributed by atoms with Crippen LogP contribution in [0.2, 0.25) is 0 Å². The summed E-state index contributed by atoms with van der Waals surface area (Å²) in [5, 5.41) is 8.80. The molecule has 0 radical (unpaired) electrons. The lowest BCUT2D eigenvalue weighted by Gasteiger charge is -2.35. The highest BCUT2D eigenvalue weighted by atomic mass is 32.1. The summed E-state index contributed by atoms with van der Waals surface area (Å²) >= 11 is 4.15. The van der Waals surface area contributed by atoms with Crippen LogP contribution in [0.1, 0.15) is 31.2 Å². The van der Waals surface area contributed by atoms with Crippen LogP contribution < -0.4 is 0 Å². The molecule has 1 fully saturated rings. The van der Waals surface area contributed by atoms with Gasteiger partial charge in [-0.2, -0.15) is 17.9 Å². The molecule has 0 unspecified atom stereocenters. The Labute approximate surface area is 150 Å². The maximum atomic E-state index is 12.2. The smallest absolute Gasteiger partial charge is 0.223 e. The minimum absolute atomic E-state index is 0.131. The van der Waals surface area contributed by atoms with Crippen molar-refractivity contribution < 1.29 is 4.79 Å². The molecule has 1 aromatic rings. The van der Waals surface area contributed by atoms with Gasteiger partial charge in [-0.15, -0.1) is 0 Å². The van der Waals surface area contributed by atoms with Gasteiger partial charge in [-0.05, 0) is 43.2 Å². The van der Waals surface area contributed by atoms with Crippen LogP contribution in [-0.2, 0) is 11.3 Å². The van der Waals surface area contributed by atoms with Gasteiger partial charge >= 0.3 is 0 Å². The summed E-state index contributed by atoms with van der Waals surface area (Å²) in [7, 11) is 0. The van der Waals surface area contributed by atoms with E-state index in [0.29, 0.717) is 31.1 Å². The first-order valence-electron chi connectivity index (χ1n) is 8.74. The highest BCUT2D eigenvalue weighted by Crippen LogP contribution is 2.20. The predicted molar refractivity (Wildman–Crippen MR) is 99.7 cm³/mol. The molecule has 2 rings (SSSR count). The second-order valence-electron chi connectivity index (χ2n) is 6.43. The zero-order chi connectivity index (χ0) is 17.2. The second kappa shape index (κ2) is 10.4. The Hall–Kier alpha value is -1.51. The van der Waals surface area contributed by atoms with E-state index in [4.69, 9.17) is 5.26 Å². The molecule has 0 bridgehead atoms. The molecule has 1 aromatic carbocycles. The SMILES string of the molecule is N#CCCN(CC1CCN(Cc2ccccc2)CC1)C(=O)CCS. The minimum atomic E-state index is 0.131. The summed E-state index contributed by atoms with van der Waals surface area (Å²) in [6.07, 6.45) is 3.10. The molecule has 0 saturated carbocycles. The van der Waals surface area contributed by atoms with Crippen molar-refractivity contribution in [2.45, 2.75) is 32.2 Å². The zero-order valence-corrected chi connectivity index (χ0v) is 15.1. The third-order valence-electron chi connectivity index (χ3n) is 4.61. The van der Waals surface area contributed by atoms with Crippen LogP contribution in [0.15, 0.2) is 30.3 Å². The Morgan fingerprint density at radius 2 is 2.00 bits per heavy atom. The summed E-state index contributed by atoms with van der Waals surface area (Å²) in [5.74, 6) is 1.24. The lowest BCUT2D eigenvalue weighted by molar-refractivity contribution is -0.131. The maximum Gasteiger partial charge on any atom is 0.223 e. The monoisotopic (exact) mass is 345 g/mol. The first-order valence-corrected chi connectivity index (χ1v) is 9.38. The fourth-order valence-electron chi connectivity index (χ4n) is 3.24. The average Bonchev–Trinajstić information content (AvgIpc) is 2.61. The van der Waals surface area contributed by atoms with Crippen LogP contribution >= 0.6 is 12.6 Å². The van der Waals surface area contributed by atoms with E-state index >= 15 is 0 Å². The zero-order valence-electron chi connectivity index (χ0n) is 14.2. The normalized spacial score (nSPS) is 15.8. The van der Waals surface area contributed by atoms with Crippen molar-refractivity contribution in [3.8, 4) is 6.07 Å². The first-order chi connectivity index (χ1) is 11.7. The number of hydrogen-bond acceptors (Lipinski definition) is 4. The molecule has 1 amide bonds. The highest BCUT2D eigenvalue weighted by molar-refractivity contribution is 7.80. The van der Waals surface area contributed by atoms with E-state index in [1.807, 2.05) is 11.0 Å². The quantitative estimate of drug-likeness (QED) is 0.737. The summed E-state index contributed by atoms with van der Waals surface area (Å²) in [5.41, 5.74) is 1.36. The lowest BCUT2D eigenvalue weighted by Crippen LogP contribution is -2.41. The Morgan fingerprint density at radius 3 is 2.62 bits per heavy atom. The fourth-order valence-corrected chi connectivity index (χ4v) is 3.43. The summed E-state index contributed by atoms with van der Waals surface area (Å²) in [6.45, 7) is 4.49. The summed E-state index contributed by atoms with van der Waals surface area (Å²) < 4.78 is 0. The van der Waals surface area contributed by atoms with Crippen LogP contribution in [-0.4, -0.2) is 47.6 Å². The Bertz CT molecular complexity index is 535. The van der Waals surface area contributed by atoms with E-state index in [1.54, 1.807) is 0 Å². The number of carbonyl (C=O) groups is 1. The van der Waals surface area contributed by atoms with Crippen LogP contribution in [0, 0.1) is 17.2 Å². The van der Waals surface area contributed by atoms with Crippen molar-refractivity contribution in [3.05, 3.63) is 35.9 Å². The number of thiol groups is 1. The van der Waals surface area contributed by atoms with E-state index < -0.39 is 0 Å². The number of nitriles is 1. The van der Waals surface area contributed by atoms with Crippen molar-refractivity contribution >= 4 is 18.5 Å². The molecule has 0 N–H and O–H groups in total. The van der Waals surface area contributed by atoms with E-state index in [2.05, 4.69) is 47.9 Å². The number of likely N-dealkylation sites (tertiary alicyclic amines) is 1. The third-order valence-corrected chi connectivity index (χ3v) is 4.83. The van der Waals surface area contributed by atoms with Gasteiger partial charge < -0.3 is 4.90 Å². The van der Waals surface area contributed by atoms with Crippen LogP contribution in [0.4, 0.5) is 0 Å². The van der Waals surface area contributed by atoms with Crippen molar-refractivity contribution in [1.82, 2.24) is 9.80 Å². The van der Waals surface area contributed by atoms with Gasteiger partial charge in [0.15, 0.2) is 0 Å². The Morgan fingerprint density at radius 1 is 1.29 bits per heavy atom. The summed E-state index contributed by atoms with van der Waals surface area (Å²) in [4.78, 5) is 16.5. The maximum absolute atomic E-state index is 12.2. The van der Waals surface area contributed by atoms with Crippen molar-refractivity contribution in [2.75, 3.05) is 31.9 Å². The number of rotatable bonds is 8. The van der Waals surface area contributed by atoms with Gasteiger partial charge in [0, 0.05) is 26.1 Å². The van der Waals surface area contributed by atoms with Gasteiger partial charge in [-0.25, -0.2) is 0 Å². The van der Waals surface area contributed by atoms with Gasteiger partial charge in [0.2, 0.25) is 5.91 Å². The highest BCUT2D eigenvalue weighted by Gasteiger charge is 2.23. The van der Waals surface area contributed by atoms with E-state index in [0.717, 1.165) is 39.0 Å². The Balaban J connectivity index is 1.79. The standard InChI is InChI=1S/C19H27N3OS/c20-10-4-11-22(19(23)9-14-24)16-18-7-12-21(13-8-18)15-17-5-2-1-3-6-17/h1-3,5-6,18,24H,4,7-9,11-16H2. The number of nitrogens with zero attached hydrogens (tertiary/aromatic N) is 3. The van der Waals surface area contributed by atoms with Gasteiger partial charge in [0.05, 0.1) is 12.5 Å². The minimum Gasteiger partial charge on any atom is -0.341 e. The van der Waals surface area contributed by atoms with Crippen molar-refractivity contribution in [2.24, 2.45) is 5.92 Å². The van der Waals surface area contributed by atoms with E-state index in [1.165, 1.54) is 5.56 Å². The summed E-state index contributed by atoms with van der Waals surface area (Å²) in [6, 6.07) is 12.7. The molecule has 0 aliphatic carbocycles. The average molecular weight is 346 g/mol. The molecule has 24 heavy (non-hydrogen) atoms. The van der Waals surface area contributed by atoms with Gasteiger partial charge in [-0.3, -0.25) is 9.69 Å². The molecule has 5 heteroatoms. The number of hydrogen-bond donors (Lipinski definition) is 1. The number of amides is 1. The van der Waals surface area contributed by atoms with Crippen LogP contribution in [0.25, 0.3) is 0 Å². The van der Waals surface area contributed by atoms with E-state index in [9.17, 15) is 4.79 Å². The molecule has 1 aliphatic heterocycles. The van der Waals surface area contributed by atoms with Gasteiger partial charge in [0.25, 0.3) is 0 Å². The molecule has 0 spiro atoms. The molecule has 0 aromatic heterocycles. The molecule has 130 valence electrons.